The second-order valence-corrected chi connectivity index (χ2v) is 2.92. The molecule has 0 aromatic carbocycles. The molecule has 4 heteroatoms. The molecule has 2 heterocycles. The summed E-state index contributed by atoms with van der Waals surface area (Å²) in [4.78, 5) is 3.97. The summed E-state index contributed by atoms with van der Waals surface area (Å²) in [6, 6.07) is 7.41. The molecule has 0 saturated carbocycles. The zero-order chi connectivity index (χ0) is 9.97. The highest BCUT2D eigenvalue weighted by atomic mass is 15.2. The van der Waals surface area contributed by atoms with Crippen molar-refractivity contribution in [1.82, 2.24) is 14.8 Å². The molecular formula is C10H8N4. The Bertz CT molecular complexity index is 476. The summed E-state index contributed by atoms with van der Waals surface area (Å²) in [7, 11) is 1.86. The van der Waals surface area contributed by atoms with Crippen LogP contribution in [0.4, 0.5) is 0 Å². The van der Waals surface area contributed by atoms with Gasteiger partial charge < -0.3 is 0 Å². The van der Waals surface area contributed by atoms with E-state index >= 15 is 0 Å². The first-order chi connectivity index (χ1) is 6.79. The molecule has 0 bridgehead atoms. The molecule has 0 atom stereocenters. The van der Waals surface area contributed by atoms with Crippen molar-refractivity contribution >= 4 is 0 Å². The number of rotatable bonds is 1. The fraction of sp³-hybridized carbons (Fsp3) is 0.100. The van der Waals surface area contributed by atoms with Crippen molar-refractivity contribution in [2.24, 2.45) is 7.05 Å². The van der Waals surface area contributed by atoms with E-state index in [1.165, 1.54) is 0 Å². The third-order valence-corrected chi connectivity index (χ3v) is 1.89. The van der Waals surface area contributed by atoms with Crippen LogP contribution < -0.4 is 0 Å². The third-order valence-electron chi connectivity index (χ3n) is 1.89. The minimum Gasteiger partial charge on any atom is -0.275 e. The number of nitriles is 1. The molecule has 0 saturated heterocycles. The first kappa shape index (κ1) is 8.45. The van der Waals surface area contributed by atoms with Gasteiger partial charge in [-0.3, -0.25) is 4.68 Å². The molecule has 14 heavy (non-hydrogen) atoms. The van der Waals surface area contributed by atoms with Crippen molar-refractivity contribution in [3.63, 3.8) is 0 Å². The van der Waals surface area contributed by atoms with E-state index in [1.54, 1.807) is 16.9 Å². The van der Waals surface area contributed by atoms with E-state index in [9.17, 15) is 0 Å². The molecule has 2 rings (SSSR count). The highest BCUT2D eigenvalue weighted by Gasteiger charge is 2.01. The molecule has 0 unspecified atom stereocenters. The van der Waals surface area contributed by atoms with Crippen molar-refractivity contribution in [3.05, 3.63) is 36.3 Å². The smallest absolute Gasteiger partial charge is 0.140 e. The molecule has 0 N–H and O–H groups in total. The van der Waals surface area contributed by atoms with Gasteiger partial charge in [0.2, 0.25) is 0 Å². The minimum atomic E-state index is 0.421. The van der Waals surface area contributed by atoms with Gasteiger partial charge in [-0.05, 0) is 18.2 Å². The van der Waals surface area contributed by atoms with E-state index < -0.39 is 0 Å². The number of aryl methyl sites for hydroxylation is 1. The van der Waals surface area contributed by atoms with Crippen LogP contribution >= 0.6 is 0 Å². The highest BCUT2D eigenvalue weighted by molar-refractivity contribution is 5.57. The Balaban J connectivity index is 2.39. The van der Waals surface area contributed by atoms with Crippen LogP contribution in [0.1, 0.15) is 5.69 Å². The van der Waals surface area contributed by atoms with E-state index in [2.05, 4.69) is 10.1 Å². The summed E-state index contributed by atoms with van der Waals surface area (Å²) in [5, 5.41) is 12.8. The molecule has 0 aliphatic heterocycles. The lowest BCUT2D eigenvalue weighted by Gasteiger charge is -1.94. The fourth-order valence-electron chi connectivity index (χ4n) is 1.18. The van der Waals surface area contributed by atoms with E-state index in [0.717, 1.165) is 11.3 Å². The molecule has 0 radical (unpaired) electrons. The number of nitrogens with zero attached hydrogens (tertiary/aromatic N) is 4. The zero-order valence-corrected chi connectivity index (χ0v) is 7.68. The predicted molar refractivity (Wildman–Crippen MR) is 51.2 cm³/mol. The van der Waals surface area contributed by atoms with Gasteiger partial charge in [-0.25, -0.2) is 4.98 Å². The molecule has 4 nitrogen and oxygen atoms in total. The first-order valence-corrected chi connectivity index (χ1v) is 4.16. The quantitative estimate of drug-likeness (QED) is 0.672. The van der Waals surface area contributed by atoms with E-state index in [-0.39, 0.29) is 0 Å². The van der Waals surface area contributed by atoms with E-state index in [0.29, 0.717) is 5.69 Å². The van der Waals surface area contributed by atoms with Crippen molar-refractivity contribution in [1.29, 1.82) is 5.26 Å². The normalized spacial score (nSPS) is 9.71. The maximum absolute atomic E-state index is 8.57. The Morgan fingerprint density at radius 2 is 2.21 bits per heavy atom. The molecular weight excluding hydrogens is 176 g/mol. The van der Waals surface area contributed by atoms with Crippen LogP contribution in [-0.2, 0) is 7.05 Å². The Kier molecular flexibility index (Phi) is 1.99. The molecule has 0 spiro atoms. The Hall–Kier alpha value is -2.15. The van der Waals surface area contributed by atoms with Crippen molar-refractivity contribution in [3.8, 4) is 17.3 Å². The van der Waals surface area contributed by atoms with Crippen LogP contribution in [0.25, 0.3) is 11.3 Å². The molecule has 0 aliphatic carbocycles. The lowest BCUT2D eigenvalue weighted by atomic mass is 10.2. The molecule has 68 valence electrons. The summed E-state index contributed by atoms with van der Waals surface area (Å²) in [5.74, 6) is 0. The molecule has 2 aromatic rings. The SMILES string of the molecule is Cn1ccc(-c2ccc(C#N)nc2)n1. The van der Waals surface area contributed by atoms with Crippen LogP contribution in [0.5, 0.6) is 0 Å². The number of hydrogen-bond acceptors (Lipinski definition) is 3. The lowest BCUT2D eigenvalue weighted by molar-refractivity contribution is 0.771. The van der Waals surface area contributed by atoms with Crippen LogP contribution in [-0.4, -0.2) is 14.8 Å². The van der Waals surface area contributed by atoms with Gasteiger partial charge in [-0.2, -0.15) is 10.4 Å². The molecule has 2 aromatic heterocycles. The summed E-state index contributed by atoms with van der Waals surface area (Å²) >= 11 is 0. The lowest BCUT2D eigenvalue weighted by Crippen LogP contribution is -1.89. The summed E-state index contributed by atoms with van der Waals surface area (Å²) < 4.78 is 1.73. The Morgan fingerprint density at radius 1 is 1.36 bits per heavy atom. The molecule has 0 fully saturated rings. The summed E-state index contributed by atoms with van der Waals surface area (Å²) in [6.45, 7) is 0. The van der Waals surface area contributed by atoms with Gasteiger partial charge in [0.1, 0.15) is 11.8 Å². The Morgan fingerprint density at radius 3 is 2.71 bits per heavy atom. The molecule has 0 aliphatic rings. The number of aromatic nitrogens is 3. The predicted octanol–water partition coefficient (Wildman–Crippen LogP) is 1.35. The second-order valence-electron chi connectivity index (χ2n) is 2.92. The van der Waals surface area contributed by atoms with Crippen molar-refractivity contribution < 1.29 is 0 Å². The van der Waals surface area contributed by atoms with Crippen molar-refractivity contribution in [2.45, 2.75) is 0 Å². The van der Waals surface area contributed by atoms with Gasteiger partial charge in [0.25, 0.3) is 0 Å². The third kappa shape index (κ3) is 1.48. The standard InChI is InChI=1S/C10H8N4/c1-14-5-4-10(13-14)8-2-3-9(6-11)12-7-8/h2-5,7H,1H3. The van der Waals surface area contributed by atoms with E-state index in [4.69, 9.17) is 5.26 Å². The largest absolute Gasteiger partial charge is 0.275 e. The summed E-state index contributed by atoms with van der Waals surface area (Å²) in [5.41, 5.74) is 2.21. The maximum atomic E-state index is 8.57. The topological polar surface area (TPSA) is 54.5 Å². The van der Waals surface area contributed by atoms with Crippen LogP contribution in [0, 0.1) is 11.3 Å². The zero-order valence-electron chi connectivity index (χ0n) is 7.68. The number of pyridine rings is 1. The van der Waals surface area contributed by atoms with Crippen LogP contribution in [0.2, 0.25) is 0 Å². The monoisotopic (exact) mass is 184 g/mol. The fourth-order valence-corrected chi connectivity index (χ4v) is 1.18. The van der Waals surface area contributed by atoms with E-state index in [1.807, 2.05) is 31.4 Å². The van der Waals surface area contributed by atoms with Gasteiger partial charge in [0, 0.05) is 25.0 Å². The van der Waals surface area contributed by atoms with Crippen LogP contribution in [0.3, 0.4) is 0 Å². The van der Waals surface area contributed by atoms with Gasteiger partial charge in [0.05, 0.1) is 5.69 Å². The van der Waals surface area contributed by atoms with Crippen molar-refractivity contribution in [2.75, 3.05) is 0 Å². The average molecular weight is 184 g/mol. The maximum Gasteiger partial charge on any atom is 0.140 e. The van der Waals surface area contributed by atoms with Gasteiger partial charge >= 0.3 is 0 Å². The van der Waals surface area contributed by atoms with Gasteiger partial charge in [-0.1, -0.05) is 0 Å². The number of hydrogen-bond donors (Lipinski definition) is 0. The average Bonchev–Trinajstić information content (AvgIpc) is 2.65. The second kappa shape index (κ2) is 3.30. The van der Waals surface area contributed by atoms with Crippen LogP contribution in [0.15, 0.2) is 30.6 Å². The summed E-state index contributed by atoms with van der Waals surface area (Å²) in [6.07, 6.45) is 3.52. The van der Waals surface area contributed by atoms with Gasteiger partial charge in [0.15, 0.2) is 0 Å². The molecule has 0 amide bonds. The minimum absolute atomic E-state index is 0.421. The first-order valence-electron chi connectivity index (χ1n) is 4.16. The highest BCUT2D eigenvalue weighted by Crippen LogP contribution is 2.14. The Labute approximate surface area is 81.4 Å². The van der Waals surface area contributed by atoms with Gasteiger partial charge in [-0.15, -0.1) is 0 Å².